The molecule has 0 N–H and O–H groups in total. The van der Waals surface area contributed by atoms with Gasteiger partial charge in [-0.1, -0.05) is 327 Å². The standard InChI is InChI=1S/C62H108O4S2.C14H10Br2S2.Ni/c1-5-9-13-17-21-25-29-33-37-41-49-63-57-47-45-55(53-59(57)65-51-43-39-35-31-27-23-19-15-11-7-3)61(67)62(68)56-46-48-58(64-50-42-38-34-30-26-22-18-14-10-6-2)60(54-56)66-52-44-40-36-32-28-24-20-16-12-8-4;15-11-5-1-9(2-6-11)13(17)14(18)10-3-7-12(16)8-4-10;/h45-48,53-54,67-68H,5-44,49-52H2,1-4H3;1-8,17-18H;/p-4. The van der Waals surface area contributed by atoms with E-state index in [1.165, 1.54) is 231 Å². The Morgan fingerprint density at radius 3 is 0.667 bits per heavy atom. The predicted molar refractivity (Wildman–Crippen MR) is 394 cm³/mol. The van der Waals surface area contributed by atoms with Crippen molar-refractivity contribution >= 4 is 102 Å². The van der Waals surface area contributed by atoms with E-state index >= 15 is 0 Å². The van der Waals surface area contributed by atoms with Gasteiger partial charge in [0.05, 0.1) is 26.4 Å². The van der Waals surface area contributed by atoms with Crippen LogP contribution in [0.3, 0.4) is 0 Å². The van der Waals surface area contributed by atoms with Crippen LogP contribution < -0.4 is 18.9 Å². The summed E-state index contributed by atoms with van der Waals surface area (Å²) in [6.45, 7) is 11.9. The van der Waals surface area contributed by atoms with Crippen LogP contribution in [0.2, 0.25) is 0 Å². The number of halogens is 2. The molecule has 0 atom stereocenters. The third kappa shape index (κ3) is 39.1. The fourth-order valence-corrected chi connectivity index (χ4v) is 12.1. The molecule has 0 aliphatic carbocycles. The van der Waals surface area contributed by atoms with Gasteiger partial charge in [-0.2, -0.15) is 19.6 Å². The average molecular weight is 1440 g/mol. The molecule has 0 amide bonds. The maximum atomic E-state index is 6.50. The van der Waals surface area contributed by atoms with Gasteiger partial charge in [-0.15, -0.1) is 0 Å². The molecule has 4 nitrogen and oxygen atoms in total. The Balaban J connectivity index is 0.00000115. The van der Waals surface area contributed by atoms with Crippen LogP contribution in [-0.2, 0) is 67.0 Å². The van der Waals surface area contributed by atoms with Gasteiger partial charge in [0.15, 0.2) is 23.0 Å². The molecule has 0 fully saturated rings. The number of benzene rings is 4. The van der Waals surface area contributed by atoms with Crippen molar-refractivity contribution in [3.8, 4) is 23.0 Å². The number of rotatable bonds is 52. The fourth-order valence-electron chi connectivity index (χ4n) is 10.6. The van der Waals surface area contributed by atoms with E-state index in [2.05, 4.69) is 83.8 Å². The smallest absolute Gasteiger partial charge is 0.161 e. The molecule has 0 spiro atoms. The summed E-state index contributed by atoms with van der Waals surface area (Å²) in [6, 6.07) is 28.1. The largest absolute Gasteiger partial charge is 0.781 e. The van der Waals surface area contributed by atoms with E-state index < -0.39 is 0 Å². The molecule has 0 aliphatic heterocycles. The second-order valence-corrected chi connectivity index (χ2v) is 27.2. The Morgan fingerprint density at radius 2 is 0.437 bits per heavy atom. The first-order valence-corrected chi connectivity index (χ1v) is 37.8. The van der Waals surface area contributed by atoms with Crippen LogP contribution in [0.15, 0.2) is 93.9 Å². The van der Waals surface area contributed by atoms with Gasteiger partial charge in [-0.05, 0) is 96.5 Å². The summed E-state index contributed by atoms with van der Waals surface area (Å²) < 4.78 is 27.9. The van der Waals surface area contributed by atoms with Crippen LogP contribution in [0, 0.1) is 0 Å². The van der Waals surface area contributed by atoms with E-state index in [1.807, 2.05) is 60.7 Å². The second-order valence-electron chi connectivity index (χ2n) is 23.8. The first kappa shape index (κ1) is 81.0. The Labute approximate surface area is 582 Å². The van der Waals surface area contributed by atoms with Crippen molar-refractivity contribution in [1.82, 2.24) is 0 Å². The quantitative estimate of drug-likeness (QED) is 0.0187. The van der Waals surface area contributed by atoms with E-state index in [1.54, 1.807) is 0 Å². The minimum Gasteiger partial charge on any atom is -0.781 e. The summed E-state index contributed by atoms with van der Waals surface area (Å²) in [5, 5.41) is 0. The molecule has 0 aliphatic rings. The van der Waals surface area contributed by atoms with Gasteiger partial charge in [0.25, 0.3) is 0 Å². The van der Waals surface area contributed by atoms with E-state index in [9.17, 15) is 0 Å². The molecule has 4 rings (SSSR count). The van der Waals surface area contributed by atoms with E-state index in [0.29, 0.717) is 46.0 Å². The zero-order valence-electron chi connectivity index (χ0n) is 54.5. The molecular formula is C76H114Br2NiO4S4-4. The van der Waals surface area contributed by atoms with Crippen molar-refractivity contribution in [2.45, 2.75) is 285 Å². The molecule has 0 unspecified atom stereocenters. The SMILES string of the molecule is CCCCCCCCCCCCOc1ccc(C([S-])=C([S-])c2ccc(OCCCCCCCCCCCC)c(OCCCCCCCCCCCC)c2)cc1OCCCCCCCCCCCC.[Ni].[S-]C(=C([S-])c1ccc(Br)cc1)c1ccc(Br)cc1. The van der Waals surface area contributed by atoms with Gasteiger partial charge in [0.2, 0.25) is 0 Å². The predicted octanol–water partition coefficient (Wildman–Crippen LogP) is 25.9. The Morgan fingerprint density at radius 1 is 0.253 bits per heavy atom. The Kier molecular flexibility index (Phi) is 51.7. The molecule has 0 saturated heterocycles. The van der Waals surface area contributed by atoms with E-state index in [4.69, 9.17) is 69.5 Å². The van der Waals surface area contributed by atoms with Gasteiger partial charge in [-0.3, -0.25) is 0 Å². The summed E-state index contributed by atoms with van der Waals surface area (Å²) in [5.41, 5.74) is 3.73. The van der Waals surface area contributed by atoms with Crippen molar-refractivity contribution in [2.75, 3.05) is 26.4 Å². The molecule has 4 aromatic carbocycles. The van der Waals surface area contributed by atoms with E-state index in [-0.39, 0.29) is 16.5 Å². The van der Waals surface area contributed by atoms with Crippen molar-refractivity contribution in [1.29, 1.82) is 0 Å². The Bertz CT molecular complexity index is 2180. The maximum Gasteiger partial charge on any atom is 0.161 e. The number of hydrogen-bond acceptors (Lipinski definition) is 8. The number of unbranched alkanes of at least 4 members (excludes halogenated alkanes) is 36. The van der Waals surface area contributed by atoms with Crippen molar-refractivity contribution < 1.29 is 35.4 Å². The van der Waals surface area contributed by atoms with Gasteiger partial charge in [0, 0.05) is 25.4 Å². The minimum absolute atomic E-state index is 0. The average Bonchev–Trinajstić information content (AvgIpc) is 3.56. The van der Waals surface area contributed by atoms with Crippen LogP contribution in [0.4, 0.5) is 0 Å². The van der Waals surface area contributed by atoms with Crippen molar-refractivity contribution in [3.63, 3.8) is 0 Å². The number of ether oxygens (including phenoxy) is 4. The monoisotopic (exact) mass is 1430 g/mol. The van der Waals surface area contributed by atoms with Crippen molar-refractivity contribution in [2.24, 2.45) is 0 Å². The van der Waals surface area contributed by atoms with Crippen LogP contribution in [-0.4, -0.2) is 26.4 Å². The summed E-state index contributed by atoms with van der Waals surface area (Å²) in [5.74, 6) is 3.15. The minimum atomic E-state index is 0. The molecule has 4 aromatic rings. The molecule has 87 heavy (non-hydrogen) atoms. The maximum absolute atomic E-state index is 6.50. The summed E-state index contributed by atoms with van der Waals surface area (Å²) in [7, 11) is 0. The van der Waals surface area contributed by atoms with Crippen LogP contribution in [0.5, 0.6) is 23.0 Å². The van der Waals surface area contributed by atoms with Crippen LogP contribution in [0.25, 0.3) is 19.6 Å². The zero-order chi connectivity index (χ0) is 61.9. The fraction of sp³-hybridized carbons (Fsp3) is 0.632. The third-order valence-corrected chi connectivity index (χ3v) is 19.1. The molecule has 0 saturated carbocycles. The van der Waals surface area contributed by atoms with Gasteiger partial charge in [-0.25, -0.2) is 0 Å². The molecule has 0 bridgehead atoms. The Hall–Kier alpha value is -2.11. The summed E-state index contributed by atoms with van der Waals surface area (Å²) >= 11 is 30.0. The molecular weight excluding hydrogens is 1320 g/mol. The summed E-state index contributed by atoms with van der Waals surface area (Å²) in [4.78, 5) is 2.70. The normalized spacial score (nSPS) is 11.7. The first-order chi connectivity index (χ1) is 42.1. The molecule has 494 valence electrons. The summed E-state index contributed by atoms with van der Waals surface area (Å²) in [6.07, 6.45) is 52.1. The van der Waals surface area contributed by atoms with E-state index in [0.717, 1.165) is 79.9 Å². The topological polar surface area (TPSA) is 36.9 Å². The van der Waals surface area contributed by atoms with Crippen molar-refractivity contribution in [3.05, 3.63) is 116 Å². The first-order valence-electron chi connectivity index (χ1n) is 34.6. The van der Waals surface area contributed by atoms with Gasteiger partial charge in [0.1, 0.15) is 0 Å². The molecule has 0 radical (unpaired) electrons. The van der Waals surface area contributed by atoms with Gasteiger partial charge >= 0.3 is 0 Å². The molecule has 0 aromatic heterocycles. The number of hydrogen-bond donors (Lipinski definition) is 0. The molecule has 0 heterocycles. The third-order valence-electron chi connectivity index (χ3n) is 16.1. The van der Waals surface area contributed by atoms with Crippen LogP contribution in [0.1, 0.15) is 307 Å². The van der Waals surface area contributed by atoms with Crippen LogP contribution >= 0.6 is 31.9 Å². The zero-order valence-corrected chi connectivity index (χ0v) is 62.0. The second kappa shape index (κ2) is 55.5. The van der Waals surface area contributed by atoms with Gasteiger partial charge < -0.3 is 69.5 Å². The molecule has 11 heteroatoms.